The van der Waals surface area contributed by atoms with Gasteiger partial charge in [-0.1, -0.05) is 11.6 Å². The average molecular weight is 617 g/mol. The van der Waals surface area contributed by atoms with Crippen molar-refractivity contribution >= 4 is 61.5 Å². The highest BCUT2D eigenvalue weighted by atomic mass is 127. The summed E-state index contributed by atoms with van der Waals surface area (Å²) in [4.78, 5) is 11.2. The molecule has 0 bridgehead atoms. The highest BCUT2D eigenvalue weighted by Crippen LogP contribution is 2.35. The Balaban J connectivity index is 2.14. The topological polar surface area (TPSA) is 111 Å². The maximum atomic E-state index is 15.2. The van der Waals surface area contributed by atoms with Crippen molar-refractivity contribution in [3.8, 4) is 0 Å². The van der Waals surface area contributed by atoms with Crippen molar-refractivity contribution in [1.82, 2.24) is 14.9 Å². The fourth-order valence-corrected chi connectivity index (χ4v) is 5.81. The summed E-state index contributed by atoms with van der Waals surface area (Å²) >= 11 is 8.14. The van der Waals surface area contributed by atoms with E-state index >= 15 is 8.78 Å². The van der Waals surface area contributed by atoms with Crippen LogP contribution in [0.5, 0.6) is 0 Å². The lowest BCUT2D eigenvalue weighted by Gasteiger charge is -2.35. The summed E-state index contributed by atoms with van der Waals surface area (Å²) < 4.78 is 63.7. The number of carbonyl (C=O) groups is 1. The number of hydrazine groups is 1. The van der Waals surface area contributed by atoms with Crippen LogP contribution < -0.4 is 10.8 Å². The second-order valence-electron chi connectivity index (χ2n) is 6.82. The number of amides is 1. The number of hydrogen-bond acceptors (Lipinski definition) is 7. The number of halogens is 4. The molecular weight excluding hydrogens is 597 g/mol. The summed E-state index contributed by atoms with van der Waals surface area (Å²) in [5.41, 5.74) is 0.145. The van der Waals surface area contributed by atoms with Gasteiger partial charge in [-0.15, -0.1) is 4.41 Å². The Morgan fingerprint density at radius 2 is 1.94 bits per heavy atom. The van der Waals surface area contributed by atoms with Crippen LogP contribution in [-0.2, 0) is 14.8 Å². The monoisotopic (exact) mass is 616 g/mol. The minimum absolute atomic E-state index is 0.0663. The number of carbonyl (C=O) groups excluding carboxylic acids is 1. The maximum absolute atomic E-state index is 15.2. The molecule has 9 nitrogen and oxygen atoms in total. The fraction of sp³-hybridized carbons (Fsp3) is 0.316. The van der Waals surface area contributed by atoms with Gasteiger partial charge in [-0.25, -0.2) is 27.7 Å². The van der Waals surface area contributed by atoms with Gasteiger partial charge >= 0.3 is 0 Å². The molecule has 0 radical (unpaired) electrons. The van der Waals surface area contributed by atoms with Crippen molar-refractivity contribution < 1.29 is 31.9 Å². The van der Waals surface area contributed by atoms with Crippen LogP contribution in [0.25, 0.3) is 0 Å². The molecule has 1 aliphatic heterocycles. The van der Waals surface area contributed by atoms with E-state index in [9.17, 15) is 13.2 Å². The van der Waals surface area contributed by atoms with E-state index in [1.54, 1.807) is 12.1 Å². The lowest BCUT2D eigenvalue weighted by molar-refractivity contribution is -0.0398. The van der Waals surface area contributed by atoms with Crippen LogP contribution in [0.4, 0.5) is 20.2 Å². The molecule has 180 valence electrons. The molecule has 0 aliphatic carbocycles. The molecule has 14 heteroatoms. The summed E-state index contributed by atoms with van der Waals surface area (Å²) in [5, 5.41) is 13.2. The van der Waals surface area contributed by atoms with E-state index < -0.39 is 43.7 Å². The van der Waals surface area contributed by atoms with Crippen molar-refractivity contribution in [2.75, 3.05) is 38.2 Å². The van der Waals surface area contributed by atoms with Gasteiger partial charge in [-0.3, -0.25) is 10.0 Å². The second-order valence-corrected chi connectivity index (χ2v) is 10.3. The minimum atomic E-state index is -4.60. The highest BCUT2D eigenvalue weighted by molar-refractivity contribution is 14.1. The van der Waals surface area contributed by atoms with Gasteiger partial charge in [0.15, 0.2) is 11.6 Å². The van der Waals surface area contributed by atoms with E-state index in [0.717, 1.165) is 7.98 Å². The van der Waals surface area contributed by atoms with Crippen molar-refractivity contribution in [1.29, 1.82) is 0 Å². The molecule has 1 saturated heterocycles. The number of morpholine rings is 1. The zero-order valence-corrected chi connectivity index (χ0v) is 21.0. The smallest absolute Gasteiger partial charge is 0.276 e. The molecule has 0 aromatic heterocycles. The Morgan fingerprint density at radius 3 is 2.52 bits per heavy atom. The molecule has 2 aromatic carbocycles. The molecule has 1 aliphatic rings. The maximum Gasteiger partial charge on any atom is 0.276 e. The first-order valence-electron chi connectivity index (χ1n) is 9.65. The number of benzene rings is 2. The van der Waals surface area contributed by atoms with E-state index in [4.69, 9.17) is 21.5 Å². The standard InChI is InChI=1S/C19H20ClF2IN4O5S/c1-2-27(26-5-7-32-8-6-26)33(30,31)15-10-12(19(28)25-29)18(17(22)16(15)21)24-14-4-3-11(23)9-13(14)20/h3-4,9-10,24,29H,2,5-8H2,1H3,(H,25,28). The molecule has 1 amide bonds. The fourth-order valence-electron chi connectivity index (χ4n) is 3.29. The van der Waals surface area contributed by atoms with Crippen LogP contribution in [0.15, 0.2) is 29.2 Å². The number of rotatable bonds is 7. The first-order chi connectivity index (χ1) is 15.6. The predicted octanol–water partition coefficient (Wildman–Crippen LogP) is 3.34. The molecule has 0 atom stereocenters. The molecule has 33 heavy (non-hydrogen) atoms. The number of anilines is 2. The van der Waals surface area contributed by atoms with Crippen LogP contribution in [0.3, 0.4) is 0 Å². The Morgan fingerprint density at radius 1 is 1.27 bits per heavy atom. The van der Waals surface area contributed by atoms with Gasteiger partial charge in [0, 0.05) is 23.2 Å². The summed E-state index contributed by atoms with van der Waals surface area (Å²) in [7, 11) is -4.60. The van der Waals surface area contributed by atoms with Gasteiger partial charge in [-0.2, -0.15) is 0 Å². The Bertz CT molecular complexity index is 1170. The third-order valence-electron chi connectivity index (χ3n) is 4.84. The van der Waals surface area contributed by atoms with Crippen molar-refractivity contribution in [2.24, 2.45) is 0 Å². The van der Waals surface area contributed by atoms with Crippen LogP contribution in [0.1, 0.15) is 17.3 Å². The summed E-state index contributed by atoms with van der Waals surface area (Å²) in [6.45, 7) is 2.46. The molecule has 0 spiro atoms. The van der Waals surface area contributed by atoms with Gasteiger partial charge in [0.1, 0.15) is 4.90 Å². The zero-order chi connectivity index (χ0) is 24.3. The molecule has 0 saturated carbocycles. The van der Waals surface area contributed by atoms with Gasteiger partial charge < -0.3 is 10.1 Å². The number of hydroxylamine groups is 1. The number of hydrogen-bond donors (Lipinski definition) is 3. The predicted molar refractivity (Wildman–Crippen MR) is 125 cm³/mol. The van der Waals surface area contributed by atoms with Crippen LogP contribution >= 0.6 is 34.2 Å². The van der Waals surface area contributed by atoms with E-state index in [1.165, 1.54) is 23.5 Å². The molecule has 1 fully saturated rings. The zero-order valence-electron chi connectivity index (χ0n) is 17.2. The SMILES string of the molecule is CCN(N1CCOCC1)S(=O)(=O)c1cc(C(=O)NO)c(Nc2ccc(I)cc2Cl)c(F)c1F. The summed E-state index contributed by atoms with van der Waals surface area (Å²) in [5.74, 6) is -4.55. The third-order valence-corrected chi connectivity index (χ3v) is 7.72. The Hall–Kier alpha value is -1.62. The number of nitrogens with zero attached hydrogens (tertiary/aromatic N) is 2. The van der Waals surface area contributed by atoms with E-state index in [2.05, 4.69) is 5.32 Å². The average Bonchev–Trinajstić information content (AvgIpc) is 2.79. The van der Waals surface area contributed by atoms with Gasteiger partial charge in [0.2, 0.25) is 0 Å². The number of ether oxygens (including phenoxy) is 1. The van der Waals surface area contributed by atoms with Crippen molar-refractivity contribution in [3.63, 3.8) is 0 Å². The Labute approximate surface area is 207 Å². The number of nitrogens with one attached hydrogen (secondary N) is 2. The molecule has 3 rings (SSSR count). The minimum Gasteiger partial charge on any atom is -0.379 e. The first kappa shape index (κ1) is 26.0. The van der Waals surface area contributed by atoms with Crippen LogP contribution in [0.2, 0.25) is 5.02 Å². The lowest BCUT2D eigenvalue weighted by Crippen LogP contribution is -2.51. The lowest BCUT2D eigenvalue weighted by atomic mass is 10.1. The van der Waals surface area contributed by atoms with E-state index in [1.807, 2.05) is 22.6 Å². The summed E-state index contributed by atoms with van der Waals surface area (Å²) in [6, 6.07) is 5.33. The molecule has 0 unspecified atom stereocenters. The van der Waals surface area contributed by atoms with E-state index in [0.29, 0.717) is 6.07 Å². The quantitative estimate of drug-likeness (QED) is 0.249. The van der Waals surface area contributed by atoms with Crippen molar-refractivity contribution in [2.45, 2.75) is 11.8 Å². The normalized spacial score (nSPS) is 15.0. The Kier molecular flexibility index (Phi) is 8.47. The number of sulfonamides is 1. The van der Waals surface area contributed by atoms with Gasteiger partial charge in [0.05, 0.1) is 35.2 Å². The molecule has 1 heterocycles. The molecular formula is C19H20ClF2IN4O5S. The first-order valence-corrected chi connectivity index (χ1v) is 12.5. The van der Waals surface area contributed by atoms with E-state index in [-0.39, 0.29) is 43.6 Å². The second kappa shape index (κ2) is 10.8. The summed E-state index contributed by atoms with van der Waals surface area (Å²) in [6.07, 6.45) is 0. The van der Waals surface area contributed by atoms with Crippen LogP contribution in [-0.4, -0.2) is 61.8 Å². The van der Waals surface area contributed by atoms with Crippen molar-refractivity contribution in [3.05, 3.63) is 50.1 Å². The van der Waals surface area contributed by atoms with Gasteiger partial charge in [0.25, 0.3) is 15.9 Å². The largest absolute Gasteiger partial charge is 0.379 e. The molecule has 3 N–H and O–H groups in total. The highest BCUT2D eigenvalue weighted by Gasteiger charge is 2.35. The van der Waals surface area contributed by atoms with Gasteiger partial charge in [-0.05, 0) is 53.8 Å². The van der Waals surface area contributed by atoms with Crippen LogP contribution in [0, 0.1) is 15.2 Å². The molecule has 2 aromatic rings. The third kappa shape index (κ3) is 5.39.